The zero-order valence-corrected chi connectivity index (χ0v) is 9.40. The predicted molar refractivity (Wildman–Crippen MR) is 59.6 cm³/mol. The fraction of sp³-hybridized carbons (Fsp3) is 0.364. The Morgan fingerprint density at radius 2 is 2.12 bits per heavy atom. The van der Waals surface area contributed by atoms with Crippen molar-refractivity contribution in [3.63, 3.8) is 0 Å². The molecule has 2 aromatic heterocycles. The summed E-state index contributed by atoms with van der Waals surface area (Å²) in [7, 11) is 0. The molecule has 0 bridgehead atoms. The molecule has 5 nitrogen and oxygen atoms in total. The molecule has 0 aliphatic heterocycles. The summed E-state index contributed by atoms with van der Waals surface area (Å²) < 4.78 is 5.16. The average Bonchev–Trinajstić information content (AvgIpc) is 2.58. The molecule has 0 aromatic carbocycles. The zero-order chi connectivity index (χ0) is 11.9. The van der Waals surface area contributed by atoms with Crippen LogP contribution in [0.25, 0.3) is 11.0 Å². The SMILES string of the molecule is CC(C)(C)c1nc(C#N)cc2c(N)noc12. The molecule has 0 atom stereocenters. The van der Waals surface area contributed by atoms with E-state index in [4.69, 9.17) is 15.5 Å². The van der Waals surface area contributed by atoms with Crippen molar-refractivity contribution in [2.75, 3.05) is 5.73 Å². The Kier molecular flexibility index (Phi) is 2.09. The molecule has 82 valence electrons. The van der Waals surface area contributed by atoms with Gasteiger partial charge in [0.25, 0.3) is 0 Å². The molecule has 16 heavy (non-hydrogen) atoms. The number of nitrogens with two attached hydrogens (primary N) is 1. The average molecular weight is 216 g/mol. The number of pyridine rings is 1. The van der Waals surface area contributed by atoms with Crippen molar-refractivity contribution in [1.82, 2.24) is 10.1 Å². The van der Waals surface area contributed by atoms with Crippen molar-refractivity contribution in [3.8, 4) is 6.07 Å². The summed E-state index contributed by atoms with van der Waals surface area (Å²) in [5.41, 5.74) is 7.03. The lowest BCUT2D eigenvalue weighted by Gasteiger charge is -2.17. The largest absolute Gasteiger partial charge is 0.380 e. The van der Waals surface area contributed by atoms with Gasteiger partial charge < -0.3 is 10.3 Å². The molecule has 0 spiro atoms. The highest BCUT2D eigenvalue weighted by Crippen LogP contribution is 2.31. The van der Waals surface area contributed by atoms with Crippen molar-refractivity contribution in [1.29, 1.82) is 5.26 Å². The van der Waals surface area contributed by atoms with E-state index in [1.807, 2.05) is 26.8 Å². The summed E-state index contributed by atoms with van der Waals surface area (Å²) in [6.45, 7) is 5.98. The number of rotatable bonds is 0. The molecule has 0 radical (unpaired) electrons. The van der Waals surface area contributed by atoms with E-state index >= 15 is 0 Å². The zero-order valence-electron chi connectivity index (χ0n) is 9.40. The van der Waals surface area contributed by atoms with Crippen LogP contribution in [0.15, 0.2) is 10.6 Å². The maximum absolute atomic E-state index is 8.91. The summed E-state index contributed by atoms with van der Waals surface area (Å²) in [5.74, 6) is 0.291. The summed E-state index contributed by atoms with van der Waals surface area (Å²) in [6.07, 6.45) is 0. The van der Waals surface area contributed by atoms with Gasteiger partial charge in [-0.1, -0.05) is 25.9 Å². The number of hydrogen-bond donors (Lipinski definition) is 1. The van der Waals surface area contributed by atoms with Gasteiger partial charge in [0.1, 0.15) is 11.8 Å². The Balaban J connectivity index is 2.87. The lowest BCUT2D eigenvalue weighted by molar-refractivity contribution is 0.446. The van der Waals surface area contributed by atoms with Crippen LogP contribution in [0.5, 0.6) is 0 Å². The normalized spacial score (nSPS) is 11.6. The van der Waals surface area contributed by atoms with Crippen LogP contribution in [-0.2, 0) is 5.41 Å². The molecule has 5 heteroatoms. The highest BCUT2D eigenvalue weighted by atomic mass is 16.5. The second kappa shape index (κ2) is 3.20. The van der Waals surface area contributed by atoms with Gasteiger partial charge in [-0.3, -0.25) is 0 Å². The molecule has 0 unspecified atom stereocenters. The lowest BCUT2D eigenvalue weighted by Crippen LogP contribution is -2.14. The molecule has 2 N–H and O–H groups in total. The first-order valence-corrected chi connectivity index (χ1v) is 4.90. The van der Waals surface area contributed by atoms with E-state index in [1.54, 1.807) is 6.07 Å². The summed E-state index contributed by atoms with van der Waals surface area (Å²) in [5, 5.41) is 13.3. The van der Waals surface area contributed by atoms with Crippen LogP contribution in [-0.4, -0.2) is 10.1 Å². The summed E-state index contributed by atoms with van der Waals surface area (Å²) in [6, 6.07) is 3.61. The van der Waals surface area contributed by atoms with Gasteiger partial charge >= 0.3 is 0 Å². The van der Waals surface area contributed by atoms with Crippen LogP contribution < -0.4 is 5.73 Å². The van der Waals surface area contributed by atoms with Gasteiger partial charge in [-0.25, -0.2) is 4.98 Å². The fourth-order valence-electron chi connectivity index (χ4n) is 1.53. The maximum atomic E-state index is 8.91. The smallest absolute Gasteiger partial charge is 0.191 e. The number of hydrogen-bond acceptors (Lipinski definition) is 5. The van der Waals surface area contributed by atoms with Gasteiger partial charge in [0.15, 0.2) is 11.4 Å². The molecule has 2 aromatic rings. The highest BCUT2D eigenvalue weighted by molar-refractivity contribution is 5.89. The quantitative estimate of drug-likeness (QED) is 0.727. The number of fused-ring (bicyclic) bond motifs is 1. The second-order valence-corrected chi connectivity index (χ2v) is 4.66. The first-order chi connectivity index (χ1) is 7.43. The van der Waals surface area contributed by atoms with Crippen molar-refractivity contribution >= 4 is 16.8 Å². The van der Waals surface area contributed by atoms with Gasteiger partial charge in [-0.2, -0.15) is 5.26 Å². The first-order valence-electron chi connectivity index (χ1n) is 4.90. The van der Waals surface area contributed by atoms with Gasteiger partial charge in [-0.15, -0.1) is 0 Å². The third-order valence-electron chi connectivity index (χ3n) is 2.31. The molecule has 2 heterocycles. The molecule has 0 aliphatic carbocycles. The van der Waals surface area contributed by atoms with Gasteiger partial charge in [0, 0.05) is 5.41 Å². The number of nitriles is 1. The van der Waals surface area contributed by atoms with Gasteiger partial charge in [0.2, 0.25) is 0 Å². The van der Waals surface area contributed by atoms with E-state index in [9.17, 15) is 0 Å². The van der Waals surface area contributed by atoms with Gasteiger partial charge in [-0.05, 0) is 6.07 Å². The molecule has 0 fully saturated rings. The Hall–Kier alpha value is -2.09. The minimum Gasteiger partial charge on any atom is -0.380 e. The van der Waals surface area contributed by atoms with Crippen LogP contribution in [0.2, 0.25) is 0 Å². The molecule has 0 saturated carbocycles. The third-order valence-corrected chi connectivity index (χ3v) is 2.31. The molecule has 0 aliphatic rings. The minimum absolute atomic E-state index is 0.225. The Bertz CT molecular complexity index is 586. The topological polar surface area (TPSA) is 88.7 Å². The fourth-order valence-corrected chi connectivity index (χ4v) is 1.53. The van der Waals surface area contributed by atoms with Crippen LogP contribution in [0.4, 0.5) is 5.82 Å². The van der Waals surface area contributed by atoms with E-state index in [0.29, 0.717) is 28.2 Å². The second-order valence-electron chi connectivity index (χ2n) is 4.66. The summed E-state index contributed by atoms with van der Waals surface area (Å²) in [4.78, 5) is 4.25. The Morgan fingerprint density at radius 1 is 1.44 bits per heavy atom. The molecule has 0 amide bonds. The third kappa shape index (κ3) is 1.48. The van der Waals surface area contributed by atoms with Crippen LogP contribution in [0.3, 0.4) is 0 Å². The molecular formula is C11H12N4O. The minimum atomic E-state index is -0.225. The van der Waals surface area contributed by atoms with E-state index in [1.165, 1.54) is 0 Å². The molecular weight excluding hydrogens is 204 g/mol. The lowest BCUT2D eigenvalue weighted by atomic mass is 9.90. The van der Waals surface area contributed by atoms with Crippen molar-refractivity contribution in [3.05, 3.63) is 17.5 Å². The molecule has 2 rings (SSSR count). The van der Waals surface area contributed by atoms with E-state index in [0.717, 1.165) is 0 Å². The molecule has 0 saturated heterocycles. The van der Waals surface area contributed by atoms with Crippen molar-refractivity contribution in [2.24, 2.45) is 0 Å². The van der Waals surface area contributed by atoms with Crippen molar-refractivity contribution in [2.45, 2.75) is 26.2 Å². The van der Waals surface area contributed by atoms with E-state index < -0.39 is 0 Å². The van der Waals surface area contributed by atoms with Crippen molar-refractivity contribution < 1.29 is 4.52 Å². The predicted octanol–water partition coefficient (Wildman–Crippen LogP) is 1.97. The number of nitrogen functional groups attached to an aromatic ring is 1. The van der Waals surface area contributed by atoms with Crippen LogP contribution >= 0.6 is 0 Å². The standard InChI is InChI=1S/C11H12N4O/c1-11(2,3)9-8-7(10(13)15-16-8)4-6(5-12)14-9/h4H,1-3H3,(H2,13,15). The van der Waals surface area contributed by atoms with Gasteiger partial charge in [0.05, 0.1) is 11.1 Å². The first kappa shape index (κ1) is 10.4. The maximum Gasteiger partial charge on any atom is 0.191 e. The monoisotopic (exact) mass is 216 g/mol. The number of nitrogens with zero attached hydrogens (tertiary/aromatic N) is 3. The van der Waals surface area contributed by atoms with E-state index in [-0.39, 0.29) is 5.41 Å². The Morgan fingerprint density at radius 3 is 2.69 bits per heavy atom. The highest BCUT2D eigenvalue weighted by Gasteiger charge is 2.23. The Labute approximate surface area is 92.9 Å². The van der Waals surface area contributed by atoms with Crippen LogP contribution in [0.1, 0.15) is 32.2 Å². The van der Waals surface area contributed by atoms with E-state index in [2.05, 4.69) is 10.1 Å². The van der Waals surface area contributed by atoms with Crippen LogP contribution in [0, 0.1) is 11.3 Å². The number of aromatic nitrogens is 2. The number of anilines is 1. The summed E-state index contributed by atoms with van der Waals surface area (Å²) >= 11 is 0.